The molecule has 0 unspecified atom stereocenters. The lowest BCUT2D eigenvalue weighted by Crippen LogP contribution is -2.37. The lowest BCUT2D eigenvalue weighted by Gasteiger charge is -2.13. The number of imidazole rings is 1. The Morgan fingerprint density at radius 3 is 2.89 bits per heavy atom. The minimum absolute atomic E-state index is 0.193. The third-order valence-electron chi connectivity index (χ3n) is 2.97. The van der Waals surface area contributed by atoms with E-state index in [1.807, 2.05) is 32.0 Å². The number of hydrogen-bond acceptors (Lipinski definition) is 3. The van der Waals surface area contributed by atoms with Crippen molar-refractivity contribution in [3.05, 3.63) is 47.5 Å². The summed E-state index contributed by atoms with van der Waals surface area (Å²) in [5, 5.41) is 2.85. The molecule has 0 aliphatic rings. The van der Waals surface area contributed by atoms with Crippen LogP contribution in [0, 0.1) is 13.8 Å². The van der Waals surface area contributed by atoms with Crippen molar-refractivity contribution in [3.8, 4) is 0 Å². The molecular formula is C14H18N4O. The van der Waals surface area contributed by atoms with Gasteiger partial charge in [0.25, 0.3) is 0 Å². The fraction of sp³-hybridized carbons (Fsp3) is 0.286. The average molecular weight is 258 g/mol. The number of aromatic nitrogens is 2. The van der Waals surface area contributed by atoms with Crippen LogP contribution in [-0.4, -0.2) is 21.9 Å². The maximum absolute atomic E-state index is 12.0. The zero-order valence-corrected chi connectivity index (χ0v) is 11.1. The predicted molar refractivity (Wildman–Crippen MR) is 74.8 cm³/mol. The topological polar surface area (TPSA) is 83.8 Å². The van der Waals surface area contributed by atoms with Gasteiger partial charge in [-0.1, -0.05) is 17.7 Å². The molecule has 0 radical (unpaired) electrons. The van der Waals surface area contributed by atoms with Crippen LogP contribution >= 0.6 is 0 Å². The number of aryl methyl sites for hydroxylation is 2. The highest BCUT2D eigenvalue weighted by molar-refractivity contribution is 5.95. The Morgan fingerprint density at radius 2 is 2.26 bits per heavy atom. The number of carbonyl (C=O) groups is 1. The molecule has 1 aromatic heterocycles. The first-order valence-electron chi connectivity index (χ1n) is 6.17. The van der Waals surface area contributed by atoms with E-state index in [0.29, 0.717) is 6.42 Å². The summed E-state index contributed by atoms with van der Waals surface area (Å²) in [5.41, 5.74) is 9.72. The third-order valence-corrected chi connectivity index (χ3v) is 2.97. The number of nitrogens with one attached hydrogen (secondary N) is 2. The molecule has 0 saturated carbocycles. The lowest BCUT2D eigenvalue weighted by atomic mass is 10.1. The molecule has 5 heteroatoms. The summed E-state index contributed by atoms with van der Waals surface area (Å²) in [6.45, 7) is 3.98. The number of aromatic amines is 1. The van der Waals surface area contributed by atoms with Crippen molar-refractivity contribution in [3.63, 3.8) is 0 Å². The van der Waals surface area contributed by atoms with Crippen LogP contribution in [0.3, 0.4) is 0 Å². The highest BCUT2D eigenvalue weighted by atomic mass is 16.2. The normalized spacial score (nSPS) is 12.2. The van der Waals surface area contributed by atoms with E-state index in [1.54, 1.807) is 12.5 Å². The third kappa shape index (κ3) is 3.42. The highest BCUT2D eigenvalue weighted by Crippen LogP contribution is 2.16. The molecule has 0 bridgehead atoms. The van der Waals surface area contributed by atoms with Gasteiger partial charge in [-0.25, -0.2) is 4.98 Å². The fourth-order valence-electron chi connectivity index (χ4n) is 1.91. The molecule has 2 aromatic rings. The molecule has 1 amide bonds. The second kappa shape index (κ2) is 5.67. The first-order valence-corrected chi connectivity index (χ1v) is 6.17. The molecule has 4 N–H and O–H groups in total. The largest absolute Gasteiger partial charge is 0.348 e. The Labute approximate surface area is 112 Å². The second-order valence-electron chi connectivity index (χ2n) is 4.70. The number of amides is 1. The van der Waals surface area contributed by atoms with Crippen LogP contribution in [0.15, 0.2) is 30.7 Å². The predicted octanol–water partition coefficient (Wildman–Crippen LogP) is 1.54. The van der Waals surface area contributed by atoms with Gasteiger partial charge in [-0.2, -0.15) is 0 Å². The summed E-state index contributed by atoms with van der Waals surface area (Å²) in [4.78, 5) is 18.8. The molecule has 0 aliphatic carbocycles. The van der Waals surface area contributed by atoms with Crippen LogP contribution in [-0.2, 0) is 11.2 Å². The van der Waals surface area contributed by atoms with Gasteiger partial charge < -0.3 is 16.0 Å². The SMILES string of the molecule is Cc1ccc(NC(=O)[C@@H](N)Cc2cnc[nH]2)c(C)c1. The molecule has 0 fully saturated rings. The van der Waals surface area contributed by atoms with Crippen LogP contribution in [0.2, 0.25) is 0 Å². The number of anilines is 1. The number of carbonyl (C=O) groups excluding carboxylic acids is 1. The molecule has 1 atom stereocenters. The van der Waals surface area contributed by atoms with Crippen molar-refractivity contribution < 1.29 is 4.79 Å². The van der Waals surface area contributed by atoms with Gasteiger partial charge in [-0.05, 0) is 25.5 Å². The van der Waals surface area contributed by atoms with E-state index in [2.05, 4.69) is 15.3 Å². The van der Waals surface area contributed by atoms with Crippen molar-refractivity contribution in [2.24, 2.45) is 5.73 Å². The van der Waals surface area contributed by atoms with E-state index in [-0.39, 0.29) is 5.91 Å². The van der Waals surface area contributed by atoms with E-state index in [0.717, 1.165) is 22.5 Å². The first kappa shape index (κ1) is 13.3. The van der Waals surface area contributed by atoms with Crippen molar-refractivity contribution in [2.45, 2.75) is 26.3 Å². The smallest absolute Gasteiger partial charge is 0.241 e. The summed E-state index contributed by atoms with van der Waals surface area (Å²) >= 11 is 0. The number of H-pyrrole nitrogens is 1. The molecule has 100 valence electrons. The minimum atomic E-state index is -0.596. The Morgan fingerprint density at radius 1 is 1.47 bits per heavy atom. The van der Waals surface area contributed by atoms with Gasteiger partial charge in [0.1, 0.15) is 0 Å². The molecule has 1 heterocycles. The summed E-state index contributed by atoms with van der Waals surface area (Å²) < 4.78 is 0. The van der Waals surface area contributed by atoms with Gasteiger partial charge in [0.2, 0.25) is 5.91 Å². The zero-order valence-electron chi connectivity index (χ0n) is 11.1. The molecule has 19 heavy (non-hydrogen) atoms. The molecule has 0 spiro atoms. The van der Waals surface area contributed by atoms with E-state index in [1.165, 1.54) is 0 Å². The Hall–Kier alpha value is -2.14. The van der Waals surface area contributed by atoms with Gasteiger partial charge in [-0.15, -0.1) is 0 Å². The molecule has 0 saturated heterocycles. The van der Waals surface area contributed by atoms with Gasteiger partial charge in [-0.3, -0.25) is 4.79 Å². The van der Waals surface area contributed by atoms with E-state index in [9.17, 15) is 4.79 Å². The van der Waals surface area contributed by atoms with Crippen molar-refractivity contribution in [1.29, 1.82) is 0 Å². The average Bonchev–Trinajstić information content (AvgIpc) is 2.85. The number of rotatable bonds is 4. The Kier molecular flexibility index (Phi) is 3.97. The van der Waals surface area contributed by atoms with E-state index in [4.69, 9.17) is 5.73 Å². The molecular weight excluding hydrogens is 240 g/mol. The minimum Gasteiger partial charge on any atom is -0.348 e. The van der Waals surface area contributed by atoms with Crippen LogP contribution in [0.5, 0.6) is 0 Å². The van der Waals surface area contributed by atoms with Crippen LogP contribution < -0.4 is 11.1 Å². The van der Waals surface area contributed by atoms with Crippen molar-refractivity contribution >= 4 is 11.6 Å². The van der Waals surface area contributed by atoms with Gasteiger partial charge in [0, 0.05) is 24.0 Å². The van der Waals surface area contributed by atoms with Gasteiger partial charge >= 0.3 is 0 Å². The van der Waals surface area contributed by atoms with E-state index >= 15 is 0 Å². The maximum atomic E-state index is 12.0. The van der Waals surface area contributed by atoms with Crippen LogP contribution in [0.1, 0.15) is 16.8 Å². The Balaban J connectivity index is 2.00. The lowest BCUT2D eigenvalue weighted by molar-refractivity contribution is -0.117. The van der Waals surface area contributed by atoms with Crippen molar-refractivity contribution in [1.82, 2.24) is 9.97 Å². The quantitative estimate of drug-likeness (QED) is 0.777. The number of benzene rings is 1. The molecule has 1 aromatic carbocycles. The van der Waals surface area contributed by atoms with Crippen LogP contribution in [0.25, 0.3) is 0 Å². The molecule has 2 rings (SSSR count). The summed E-state index contributed by atoms with van der Waals surface area (Å²) in [5.74, 6) is -0.193. The van der Waals surface area contributed by atoms with Crippen molar-refractivity contribution in [2.75, 3.05) is 5.32 Å². The first-order chi connectivity index (χ1) is 9.06. The fourth-order valence-corrected chi connectivity index (χ4v) is 1.91. The zero-order chi connectivity index (χ0) is 13.8. The van der Waals surface area contributed by atoms with Crippen LogP contribution in [0.4, 0.5) is 5.69 Å². The van der Waals surface area contributed by atoms with E-state index < -0.39 is 6.04 Å². The Bertz CT molecular complexity index is 563. The summed E-state index contributed by atoms with van der Waals surface area (Å²) in [6.07, 6.45) is 3.69. The summed E-state index contributed by atoms with van der Waals surface area (Å²) in [6, 6.07) is 5.28. The van der Waals surface area contributed by atoms with Gasteiger partial charge in [0.15, 0.2) is 0 Å². The highest BCUT2D eigenvalue weighted by Gasteiger charge is 2.15. The maximum Gasteiger partial charge on any atom is 0.241 e. The molecule has 5 nitrogen and oxygen atoms in total. The number of nitrogens with zero attached hydrogens (tertiary/aromatic N) is 1. The second-order valence-corrected chi connectivity index (χ2v) is 4.70. The standard InChI is InChI=1S/C14H18N4O/c1-9-3-4-13(10(2)5-9)18-14(19)12(15)6-11-7-16-8-17-11/h3-5,7-8,12H,6,15H2,1-2H3,(H,16,17)(H,18,19)/t12-/m0/s1. The summed E-state index contributed by atoms with van der Waals surface area (Å²) in [7, 11) is 0. The number of hydrogen-bond donors (Lipinski definition) is 3. The molecule has 0 aliphatic heterocycles. The monoisotopic (exact) mass is 258 g/mol. The van der Waals surface area contributed by atoms with Gasteiger partial charge in [0.05, 0.1) is 12.4 Å². The number of nitrogens with two attached hydrogens (primary N) is 1.